The first kappa shape index (κ1) is 15.7. The van der Waals surface area contributed by atoms with Gasteiger partial charge in [0.05, 0.1) is 5.25 Å². The Morgan fingerprint density at radius 2 is 2.04 bits per heavy atom. The number of benzene rings is 1. The molecule has 2 aromatic rings. The van der Waals surface area contributed by atoms with Gasteiger partial charge >= 0.3 is 0 Å². The molecular formula is C16H17FN4OS. The van der Waals surface area contributed by atoms with E-state index in [2.05, 4.69) is 20.5 Å². The molecule has 0 saturated carbocycles. The maximum absolute atomic E-state index is 12.8. The van der Waals surface area contributed by atoms with Gasteiger partial charge < -0.3 is 5.32 Å². The lowest BCUT2D eigenvalue weighted by atomic mass is 10.2. The zero-order chi connectivity index (χ0) is 16.1. The Morgan fingerprint density at radius 3 is 2.87 bits per heavy atom. The third-order valence-corrected chi connectivity index (χ3v) is 4.65. The maximum atomic E-state index is 12.8. The summed E-state index contributed by atoms with van der Waals surface area (Å²) in [7, 11) is 0. The molecule has 0 aliphatic carbocycles. The predicted molar refractivity (Wildman–Crippen MR) is 88.2 cm³/mol. The Balaban J connectivity index is 1.63. The molecule has 1 aliphatic rings. The third kappa shape index (κ3) is 4.41. The second-order valence-electron chi connectivity index (χ2n) is 5.28. The highest BCUT2D eigenvalue weighted by Crippen LogP contribution is 2.25. The largest absolute Gasteiger partial charge is 0.355 e. The molecule has 2 N–H and O–H groups in total. The molecule has 0 spiro atoms. The first-order valence-electron chi connectivity index (χ1n) is 7.51. The number of aromatic amines is 1. The van der Waals surface area contributed by atoms with Crippen LogP contribution in [0.2, 0.25) is 0 Å². The van der Waals surface area contributed by atoms with Gasteiger partial charge in [0, 0.05) is 6.54 Å². The van der Waals surface area contributed by atoms with Gasteiger partial charge in [-0.25, -0.2) is 9.37 Å². The molecule has 1 atom stereocenters. The van der Waals surface area contributed by atoms with Gasteiger partial charge in [-0.1, -0.05) is 36.4 Å². The fourth-order valence-electron chi connectivity index (χ4n) is 2.29. The summed E-state index contributed by atoms with van der Waals surface area (Å²) in [5, 5.41) is 10.3. The molecule has 1 aliphatic heterocycles. The van der Waals surface area contributed by atoms with Crippen LogP contribution < -0.4 is 5.32 Å². The number of rotatable bonds is 4. The molecule has 1 amide bonds. The molecule has 0 bridgehead atoms. The van der Waals surface area contributed by atoms with Crippen molar-refractivity contribution in [1.29, 1.82) is 0 Å². The van der Waals surface area contributed by atoms with Gasteiger partial charge in [0.15, 0.2) is 0 Å². The van der Waals surface area contributed by atoms with Gasteiger partial charge in [0.2, 0.25) is 11.1 Å². The molecule has 120 valence electrons. The van der Waals surface area contributed by atoms with E-state index in [9.17, 15) is 9.18 Å². The van der Waals surface area contributed by atoms with E-state index in [0.29, 0.717) is 11.0 Å². The second kappa shape index (κ2) is 7.41. The number of hydrogen-bond donors (Lipinski definition) is 2. The first-order chi connectivity index (χ1) is 11.2. The number of halogens is 1. The van der Waals surface area contributed by atoms with Crippen molar-refractivity contribution < 1.29 is 9.18 Å². The van der Waals surface area contributed by atoms with E-state index in [1.165, 1.54) is 23.9 Å². The molecule has 5 nitrogen and oxygen atoms in total. The van der Waals surface area contributed by atoms with E-state index in [1.807, 2.05) is 6.08 Å². The Bertz CT molecular complexity index is 698. The van der Waals surface area contributed by atoms with Crippen molar-refractivity contribution >= 4 is 29.8 Å². The number of hydrogen-bond acceptors (Lipinski definition) is 4. The number of nitrogens with one attached hydrogen (secondary N) is 2. The number of carbonyl (C=O) groups is 1. The van der Waals surface area contributed by atoms with Gasteiger partial charge in [-0.3, -0.25) is 9.89 Å². The highest BCUT2D eigenvalue weighted by Gasteiger charge is 2.23. The van der Waals surface area contributed by atoms with E-state index in [4.69, 9.17) is 0 Å². The van der Waals surface area contributed by atoms with Gasteiger partial charge in [-0.05, 0) is 36.6 Å². The standard InChI is InChI=1S/C16H17FN4OS/c17-12-7-4-11(5-8-12)6-9-14-19-16(21-20-14)23-13-3-1-2-10-18-15(13)22/h4-9,13H,1-3,10H2,(H,18,22)(H,19,20,21)/b9-6+/t13-/m1/s1. The SMILES string of the molecule is O=C1NCCCC[C@H]1Sc1n[nH]c(/C=C/c2ccc(F)cc2)n1. The zero-order valence-corrected chi connectivity index (χ0v) is 13.3. The minimum Gasteiger partial charge on any atom is -0.355 e. The van der Waals surface area contributed by atoms with Crippen molar-refractivity contribution in [3.05, 3.63) is 41.5 Å². The lowest BCUT2D eigenvalue weighted by molar-refractivity contribution is -0.120. The Morgan fingerprint density at radius 1 is 1.22 bits per heavy atom. The topological polar surface area (TPSA) is 70.7 Å². The van der Waals surface area contributed by atoms with Gasteiger partial charge in [-0.2, -0.15) is 0 Å². The summed E-state index contributed by atoms with van der Waals surface area (Å²) < 4.78 is 12.8. The quantitative estimate of drug-likeness (QED) is 0.903. The molecule has 0 radical (unpaired) electrons. The number of H-pyrrole nitrogens is 1. The summed E-state index contributed by atoms with van der Waals surface area (Å²) in [6.45, 7) is 0.746. The molecule has 1 aromatic carbocycles. The van der Waals surface area contributed by atoms with Crippen LogP contribution in [0.15, 0.2) is 29.4 Å². The van der Waals surface area contributed by atoms with Gasteiger partial charge in [0.25, 0.3) is 0 Å². The molecular weight excluding hydrogens is 315 g/mol. The van der Waals surface area contributed by atoms with Crippen LogP contribution >= 0.6 is 11.8 Å². The van der Waals surface area contributed by atoms with Crippen LogP contribution in [0.1, 0.15) is 30.7 Å². The van der Waals surface area contributed by atoms with Crippen molar-refractivity contribution in [2.24, 2.45) is 0 Å². The summed E-state index contributed by atoms with van der Waals surface area (Å²) in [6, 6.07) is 6.19. The van der Waals surface area contributed by atoms with E-state index in [0.717, 1.165) is 31.4 Å². The highest BCUT2D eigenvalue weighted by atomic mass is 32.2. The Hall–Kier alpha value is -2.15. The summed E-state index contributed by atoms with van der Waals surface area (Å²) in [6.07, 6.45) is 6.48. The molecule has 7 heteroatoms. The fourth-order valence-corrected chi connectivity index (χ4v) is 3.26. The van der Waals surface area contributed by atoms with E-state index >= 15 is 0 Å². The lowest BCUT2D eigenvalue weighted by Crippen LogP contribution is -2.30. The highest BCUT2D eigenvalue weighted by molar-refractivity contribution is 8.00. The number of carbonyl (C=O) groups excluding carboxylic acids is 1. The Kier molecular flexibility index (Phi) is 5.07. The maximum Gasteiger partial charge on any atom is 0.233 e. The van der Waals surface area contributed by atoms with E-state index < -0.39 is 0 Å². The number of aromatic nitrogens is 3. The molecule has 1 fully saturated rings. The minimum absolute atomic E-state index is 0.0562. The molecule has 0 unspecified atom stereocenters. The van der Waals surface area contributed by atoms with Crippen LogP contribution in [0.3, 0.4) is 0 Å². The summed E-state index contributed by atoms with van der Waals surface area (Å²) in [4.78, 5) is 16.3. The first-order valence-corrected chi connectivity index (χ1v) is 8.39. The van der Waals surface area contributed by atoms with Crippen molar-refractivity contribution in [2.45, 2.75) is 29.7 Å². The van der Waals surface area contributed by atoms with Crippen molar-refractivity contribution in [1.82, 2.24) is 20.5 Å². The molecule has 2 heterocycles. The number of amides is 1. The van der Waals surface area contributed by atoms with E-state index in [-0.39, 0.29) is 17.0 Å². The van der Waals surface area contributed by atoms with Crippen LogP contribution in [0, 0.1) is 5.82 Å². The van der Waals surface area contributed by atoms with Crippen LogP contribution in [-0.4, -0.2) is 32.9 Å². The monoisotopic (exact) mass is 332 g/mol. The Labute approximate surface area is 137 Å². The lowest BCUT2D eigenvalue weighted by Gasteiger charge is -2.09. The molecule has 3 rings (SSSR count). The second-order valence-corrected chi connectivity index (χ2v) is 6.45. The predicted octanol–water partition coefficient (Wildman–Crippen LogP) is 2.88. The average Bonchev–Trinajstić information content (AvgIpc) is 2.90. The van der Waals surface area contributed by atoms with E-state index in [1.54, 1.807) is 18.2 Å². The summed E-state index contributed by atoms with van der Waals surface area (Å²) >= 11 is 1.38. The molecule has 1 aromatic heterocycles. The fraction of sp³-hybridized carbons (Fsp3) is 0.312. The van der Waals surface area contributed by atoms with Crippen molar-refractivity contribution in [3.8, 4) is 0 Å². The van der Waals surface area contributed by atoms with Crippen molar-refractivity contribution in [2.75, 3.05) is 6.54 Å². The van der Waals surface area contributed by atoms with Crippen LogP contribution in [0.4, 0.5) is 4.39 Å². The number of thioether (sulfide) groups is 1. The van der Waals surface area contributed by atoms with Crippen molar-refractivity contribution in [3.63, 3.8) is 0 Å². The molecule has 1 saturated heterocycles. The normalized spacial score (nSPS) is 18.8. The minimum atomic E-state index is -0.262. The third-order valence-electron chi connectivity index (χ3n) is 3.52. The zero-order valence-electron chi connectivity index (χ0n) is 12.5. The van der Waals surface area contributed by atoms with Gasteiger partial charge in [-0.15, -0.1) is 5.10 Å². The van der Waals surface area contributed by atoms with Crippen LogP contribution in [0.25, 0.3) is 12.2 Å². The van der Waals surface area contributed by atoms with Gasteiger partial charge in [0.1, 0.15) is 11.6 Å². The summed E-state index contributed by atoms with van der Waals surface area (Å²) in [5.41, 5.74) is 0.875. The average molecular weight is 332 g/mol. The number of nitrogens with zero attached hydrogens (tertiary/aromatic N) is 2. The van der Waals surface area contributed by atoms with Crippen LogP contribution in [0.5, 0.6) is 0 Å². The summed E-state index contributed by atoms with van der Waals surface area (Å²) in [5.74, 6) is 0.397. The molecule has 23 heavy (non-hydrogen) atoms. The smallest absolute Gasteiger partial charge is 0.233 e. The van der Waals surface area contributed by atoms with Crippen LogP contribution in [-0.2, 0) is 4.79 Å².